The van der Waals surface area contributed by atoms with E-state index in [9.17, 15) is 9.59 Å². The number of rotatable bonds is 14. The van der Waals surface area contributed by atoms with Crippen molar-refractivity contribution in [3.05, 3.63) is 0 Å². The van der Waals surface area contributed by atoms with E-state index in [0.29, 0.717) is 13.0 Å². The van der Waals surface area contributed by atoms with Crippen LogP contribution in [0.1, 0.15) is 84.0 Å². The summed E-state index contributed by atoms with van der Waals surface area (Å²) in [6.07, 6.45) is 15.3. The number of hydrogen-bond acceptors (Lipinski definition) is 3. The van der Waals surface area contributed by atoms with Crippen LogP contribution in [0.5, 0.6) is 0 Å². The highest BCUT2D eigenvalue weighted by molar-refractivity contribution is 5.79. The Morgan fingerprint density at radius 3 is 1.71 bits per heavy atom. The minimum absolute atomic E-state index is 0.411. The molecule has 0 fully saturated rings. The minimum Gasteiger partial charge on any atom is -0.449 e. The van der Waals surface area contributed by atoms with Gasteiger partial charge >= 0.3 is 6.09 Å². The topological polar surface area (TPSA) is 46.6 Å². The summed E-state index contributed by atoms with van der Waals surface area (Å²) in [5.41, 5.74) is 0. The molecule has 0 spiro atoms. The maximum absolute atomic E-state index is 11.1. The highest BCUT2D eigenvalue weighted by atomic mass is 16.6. The van der Waals surface area contributed by atoms with Gasteiger partial charge in [0.25, 0.3) is 0 Å². The third-order valence-corrected chi connectivity index (χ3v) is 3.67. The molecule has 0 saturated heterocycles. The number of amides is 2. The van der Waals surface area contributed by atoms with E-state index in [0.717, 1.165) is 17.7 Å². The number of imide groups is 1. The first-order valence-electron chi connectivity index (χ1n) is 8.57. The third kappa shape index (κ3) is 13.7. The fraction of sp³-hybridized carbons (Fsp3) is 0.882. The Morgan fingerprint density at radius 2 is 1.29 bits per heavy atom. The Labute approximate surface area is 130 Å². The molecule has 0 aliphatic heterocycles. The van der Waals surface area contributed by atoms with E-state index < -0.39 is 6.09 Å². The van der Waals surface area contributed by atoms with E-state index >= 15 is 0 Å². The van der Waals surface area contributed by atoms with Gasteiger partial charge in [-0.2, -0.15) is 0 Å². The number of nitrogens with zero attached hydrogens (tertiary/aromatic N) is 1. The summed E-state index contributed by atoms with van der Waals surface area (Å²) in [6.45, 7) is 2.66. The summed E-state index contributed by atoms with van der Waals surface area (Å²) in [4.78, 5) is 22.4. The molecule has 0 unspecified atom stereocenters. The van der Waals surface area contributed by atoms with Gasteiger partial charge < -0.3 is 4.74 Å². The van der Waals surface area contributed by atoms with Crippen molar-refractivity contribution in [1.82, 2.24) is 4.90 Å². The largest absolute Gasteiger partial charge is 0.449 e. The monoisotopic (exact) mass is 299 g/mol. The zero-order valence-corrected chi connectivity index (χ0v) is 13.9. The quantitative estimate of drug-likeness (QED) is 0.338. The molecule has 0 aromatic carbocycles. The van der Waals surface area contributed by atoms with Gasteiger partial charge in [0, 0.05) is 7.05 Å². The molecule has 0 aliphatic carbocycles. The Morgan fingerprint density at radius 1 is 0.857 bits per heavy atom. The van der Waals surface area contributed by atoms with E-state index in [1.165, 1.54) is 71.3 Å². The molecule has 0 aliphatic rings. The fourth-order valence-electron chi connectivity index (χ4n) is 2.25. The summed E-state index contributed by atoms with van der Waals surface area (Å²) >= 11 is 0. The Bertz CT molecular complexity index is 256. The second-order valence-corrected chi connectivity index (χ2v) is 5.72. The maximum atomic E-state index is 11.1. The second-order valence-electron chi connectivity index (χ2n) is 5.72. The van der Waals surface area contributed by atoms with Gasteiger partial charge in [0.1, 0.15) is 0 Å². The summed E-state index contributed by atoms with van der Waals surface area (Å²) in [6, 6.07) is 0. The molecule has 124 valence electrons. The van der Waals surface area contributed by atoms with Crippen LogP contribution in [0, 0.1) is 0 Å². The molecule has 0 aromatic heterocycles. The summed E-state index contributed by atoms with van der Waals surface area (Å²) in [5, 5.41) is 0. The molecule has 21 heavy (non-hydrogen) atoms. The van der Waals surface area contributed by atoms with E-state index in [-0.39, 0.29) is 0 Å². The average molecular weight is 299 g/mol. The van der Waals surface area contributed by atoms with Gasteiger partial charge in [-0.3, -0.25) is 9.69 Å². The highest BCUT2D eigenvalue weighted by Crippen LogP contribution is 2.11. The van der Waals surface area contributed by atoms with Crippen molar-refractivity contribution in [2.75, 3.05) is 13.7 Å². The zero-order chi connectivity index (χ0) is 15.8. The lowest BCUT2D eigenvalue weighted by Crippen LogP contribution is -2.26. The Hall–Kier alpha value is -1.06. The van der Waals surface area contributed by atoms with Gasteiger partial charge in [0.2, 0.25) is 6.41 Å². The average Bonchev–Trinajstić information content (AvgIpc) is 2.50. The normalized spacial score (nSPS) is 10.4. The van der Waals surface area contributed by atoms with Crippen molar-refractivity contribution in [2.45, 2.75) is 84.0 Å². The van der Waals surface area contributed by atoms with Gasteiger partial charge in [0.05, 0.1) is 6.61 Å². The van der Waals surface area contributed by atoms with E-state index in [4.69, 9.17) is 4.74 Å². The number of carbonyl (C=O) groups is 2. The van der Waals surface area contributed by atoms with Crippen LogP contribution < -0.4 is 0 Å². The molecule has 0 N–H and O–H groups in total. The molecular weight excluding hydrogens is 266 g/mol. The molecule has 0 aromatic rings. The number of ether oxygens (including phenoxy) is 1. The van der Waals surface area contributed by atoms with Crippen molar-refractivity contribution in [1.29, 1.82) is 0 Å². The maximum Gasteiger partial charge on any atom is 0.416 e. The van der Waals surface area contributed by atoms with Gasteiger partial charge in [-0.25, -0.2) is 4.79 Å². The van der Waals surface area contributed by atoms with Gasteiger partial charge in [-0.05, 0) is 6.42 Å². The molecule has 0 heterocycles. The lowest BCUT2D eigenvalue weighted by molar-refractivity contribution is -0.115. The van der Waals surface area contributed by atoms with Gasteiger partial charge in [-0.15, -0.1) is 0 Å². The predicted molar refractivity (Wildman–Crippen MR) is 86.3 cm³/mol. The number of hydrogen-bond donors (Lipinski definition) is 0. The molecule has 2 amide bonds. The first-order chi connectivity index (χ1) is 10.2. The van der Waals surface area contributed by atoms with Crippen LogP contribution in [-0.4, -0.2) is 31.1 Å². The van der Waals surface area contributed by atoms with Crippen LogP contribution >= 0.6 is 0 Å². The zero-order valence-electron chi connectivity index (χ0n) is 13.9. The van der Waals surface area contributed by atoms with E-state index in [1.807, 2.05) is 0 Å². The van der Waals surface area contributed by atoms with E-state index in [2.05, 4.69) is 6.92 Å². The van der Waals surface area contributed by atoms with Crippen molar-refractivity contribution < 1.29 is 14.3 Å². The molecule has 4 heteroatoms. The summed E-state index contributed by atoms with van der Waals surface area (Å²) < 4.78 is 4.94. The molecule has 0 radical (unpaired) electrons. The van der Waals surface area contributed by atoms with Gasteiger partial charge in [0.15, 0.2) is 0 Å². The van der Waals surface area contributed by atoms with Crippen molar-refractivity contribution in [3.63, 3.8) is 0 Å². The number of carbonyl (C=O) groups excluding carboxylic acids is 2. The molecule has 0 rings (SSSR count). The first kappa shape index (κ1) is 19.9. The third-order valence-electron chi connectivity index (χ3n) is 3.67. The molecule has 4 nitrogen and oxygen atoms in total. The molecule has 0 bridgehead atoms. The van der Waals surface area contributed by atoms with Crippen molar-refractivity contribution >= 4 is 12.5 Å². The van der Waals surface area contributed by atoms with Crippen LogP contribution in [0.3, 0.4) is 0 Å². The molecule has 0 atom stereocenters. The molecular formula is C17H33NO3. The van der Waals surface area contributed by atoms with Gasteiger partial charge in [-0.1, -0.05) is 77.6 Å². The van der Waals surface area contributed by atoms with Crippen molar-refractivity contribution in [3.8, 4) is 0 Å². The Kier molecular flexibility index (Phi) is 14.6. The number of unbranched alkanes of at least 4 members (excludes halogenated alkanes) is 11. The minimum atomic E-state index is -0.562. The smallest absolute Gasteiger partial charge is 0.416 e. The van der Waals surface area contributed by atoms with E-state index in [1.54, 1.807) is 0 Å². The van der Waals surface area contributed by atoms with Crippen LogP contribution in [0.4, 0.5) is 4.79 Å². The van der Waals surface area contributed by atoms with Crippen LogP contribution in [-0.2, 0) is 9.53 Å². The SMILES string of the molecule is CCCCCCCCCCCCCCOC(=O)N(C)C=O. The highest BCUT2D eigenvalue weighted by Gasteiger charge is 2.06. The standard InChI is InChI=1S/C17H33NO3/c1-3-4-5-6-7-8-9-10-11-12-13-14-15-21-17(20)18(2)16-19/h16H,3-15H2,1-2H3. The first-order valence-corrected chi connectivity index (χ1v) is 8.57. The van der Waals surface area contributed by atoms with Crippen LogP contribution in [0.2, 0.25) is 0 Å². The Balaban J connectivity index is 3.12. The van der Waals surface area contributed by atoms with Crippen LogP contribution in [0.25, 0.3) is 0 Å². The fourth-order valence-corrected chi connectivity index (χ4v) is 2.25. The summed E-state index contributed by atoms with van der Waals surface area (Å²) in [5.74, 6) is 0. The molecule has 0 saturated carbocycles. The lowest BCUT2D eigenvalue weighted by Gasteiger charge is -2.09. The second kappa shape index (κ2) is 15.3. The van der Waals surface area contributed by atoms with Crippen LogP contribution in [0.15, 0.2) is 0 Å². The lowest BCUT2D eigenvalue weighted by atomic mass is 10.1. The predicted octanol–water partition coefficient (Wildman–Crippen LogP) is 4.91. The summed E-state index contributed by atoms with van der Waals surface area (Å²) in [7, 11) is 1.40. The van der Waals surface area contributed by atoms with Crippen molar-refractivity contribution in [2.24, 2.45) is 0 Å².